The maximum atomic E-state index is 5.90. The van der Waals surface area contributed by atoms with Gasteiger partial charge in [0.1, 0.15) is 0 Å². The van der Waals surface area contributed by atoms with Crippen LogP contribution in [0.5, 0.6) is 0 Å². The molecule has 0 atom stereocenters. The second kappa shape index (κ2) is 7.09. The summed E-state index contributed by atoms with van der Waals surface area (Å²) >= 11 is 23.4. The van der Waals surface area contributed by atoms with E-state index in [-0.39, 0.29) is 0 Å². The first kappa shape index (κ1) is 15.3. The van der Waals surface area contributed by atoms with E-state index in [0.717, 1.165) is 11.1 Å². The van der Waals surface area contributed by atoms with Crippen molar-refractivity contribution < 1.29 is 0 Å². The average Bonchev–Trinajstić information content (AvgIpc) is 2.42. The van der Waals surface area contributed by atoms with E-state index in [4.69, 9.17) is 46.4 Å². The number of halogens is 4. The van der Waals surface area contributed by atoms with E-state index in [1.165, 1.54) is 0 Å². The monoisotopic (exact) mass is 344 g/mol. The van der Waals surface area contributed by atoms with Crippen LogP contribution < -0.4 is 0 Å². The Balaban J connectivity index is 2.06. The molecular formula is C14H8Cl4N2. The van der Waals surface area contributed by atoms with Crippen LogP contribution in [0.25, 0.3) is 0 Å². The normalized spacial score (nSPS) is 11.6. The third-order valence-electron chi connectivity index (χ3n) is 2.37. The van der Waals surface area contributed by atoms with E-state index in [1.54, 1.807) is 48.8 Å². The van der Waals surface area contributed by atoms with Crippen molar-refractivity contribution in [2.24, 2.45) is 10.2 Å². The Hall–Kier alpha value is -1.06. The lowest BCUT2D eigenvalue weighted by atomic mass is 10.2. The molecule has 0 bridgehead atoms. The molecule has 0 amide bonds. The first-order valence-electron chi connectivity index (χ1n) is 5.53. The van der Waals surface area contributed by atoms with Crippen LogP contribution in [-0.4, -0.2) is 12.4 Å². The minimum atomic E-state index is 0.476. The molecule has 2 aromatic carbocycles. The molecule has 0 radical (unpaired) electrons. The summed E-state index contributed by atoms with van der Waals surface area (Å²) in [5.74, 6) is 0. The molecule has 2 nitrogen and oxygen atoms in total. The van der Waals surface area contributed by atoms with Crippen molar-refractivity contribution in [2.75, 3.05) is 0 Å². The maximum absolute atomic E-state index is 5.90. The zero-order valence-corrected chi connectivity index (χ0v) is 13.0. The highest BCUT2D eigenvalue weighted by atomic mass is 35.5. The molecule has 0 aliphatic heterocycles. The summed E-state index contributed by atoms with van der Waals surface area (Å²) in [5.41, 5.74) is 1.62. The van der Waals surface area contributed by atoms with Gasteiger partial charge in [0.25, 0.3) is 0 Å². The van der Waals surface area contributed by atoms with Gasteiger partial charge >= 0.3 is 0 Å². The molecule has 2 aromatic rings. The number of benzene rings is 2. The summed E-state index contributed by atoms with van der Waals surface area (Å²) in [6.07, 6.45) is 3.16. The van der Waals surface area contributed by atoms with Crippen molar-refractivity contribution in [1.82, 2.24) is 0 Å². The predicted molar refractivity (Wildman–Crippen MR) is 88.1 cm³/mol. The third kappa shape index (κ3) is 4.22. The molecule has 0 heterocycles. The van der Waals surface area contributed by atoms with Crippen molar-refractivity contribution in [3.63, 3.8) is 0 Å². The highest BCUT2D eigenvalue weighted by molar-refractivity contribution is 6.42. The molecule has 0 aliphatic carbocycles. The SMILES string of the molecule is Clc1ccc(/C=N\N=C\c2ccc(Cl)c(Cl)c2)cc1Cl. The molecule has 0 unspecified atom stereocenters. The van der Waals surface area contributed by atoms with Gasteiger partial charge in [0.15, 0.2) is 0 Å². The first-order valence-corrected chi connectivity index (χ1v) is 7.04. The zero-order chi connectivity index (χ0) is 14.5. The minimum Gasteiger partial charge on any atom is -0.159 e. The quantitative estimate of drug-likeness (QED) is 0.499. The molecule has 0 saturated carbocycles. The first-order chi connectivity index (χ1) is 9.56. The molecule has 102 valence electrons. The lowest BCUT2D eigenvalue weighted by Gasteiger charge is -1.96. The van der Waals surface area contributed by atoms with Crippen LogP contribution in [0.2, 0.25) is 20.1 Å². The Morgan fingerprint density at radius 2 is 1.00 bits per heavy atom. The van der Waals surface area contributed by atoms with Gasteiger partial charge in [0.2, 0.25) is 0 Å². The van der Waals surface area contributed by atoms with Gasteiger partial charge in [-0.15, -0.1) is 0 Å². The Bertz CT molecular complexity index is 621. The van der Waals surface area contributed by atoms with Gasteiger partial charge in [-0.05, 0) is 35.4 Å². The second-order valence-corrected chi connectivity index (χ2v) is 5.47. The Morgan fingerprint density at radius 3 is 1.35 bits per heavy atom. The number of rotatable bonds is 3. The average molecular weight is 346 g/mol. The van der Waals surface area contributed by atoms with Crippen molar-refractivity contribution in [3.8, 4) is 0 Å². The Labute approximate surface area is 136 Å². The fourth-order valence-electron chi connectivity index (χ4n) is 1.39. The second-order valence-electron chi connectivity index (χ2n) is 3.84. The van der Waals surface area contributed by atoms with Gasteiger partial charge in [-0.3, -0.25) is 0 Å². The van der Waals surface area contributed by atoms with Crippen molar-refractivity contribution in [1.29, 1.82) is 0 Å². The van der Waals surface area contributed by atoms with Crippen LogP contribution in [-0.2, 0) is 0 Å². The Morgan fingerprint density at radius 1 is 0.600 bits per heavy atom. The van der Waals surface area contributed by atoms with Crippen molar-refractivity contribution >= 4 is 58.8 Å². The molecule has 2 rings (SSSR count). The predicted octanol–water partition coefficient (Wildman–Crippen LogP) is 5.75. The van der Waals surface area contributed by atoms with Gasteiger partial charge in [0, 0.05) is 0 Å². The lowest BCUT2D eigenvalue weighted by molar-refractivity contribution is 1.26. The van der Waals surface area contributed by atoms with E-state index in [9.17, 15) is 0 Å². The molecule has 0 aliphatic rings. The van der Waals surface area contributed by atoms with E-state index < -0.39 is 0 Å². The number of hydrogen-bond donors (Lipinski definition) is 0. The van der Waals surface area contributed by atoms with Crippen LogP contribution in [0, 0.1) is 0 Å². The zero-order valence-electron chi connectivity index (χ0n) is 10.0. The third-order valence-corrected chi connectivity index (χ3v) is 3.85. The van der Waals surface area contributed by atoms with Gasteiger partial charge in [0.05, 0.1) is 32.5 Å². The molecule has 0 fully saturated rings. The van der Waals surface area contributed by atoms with Crippen molar-refractivity contribution in [3.05, 3.63) is 67.6 Å². The van der Waals surface area contributed by atoms with Crippen LogP contribution in [0.3, 0.4) is 0 Å². The van der Waals surface area contributed by atoms with Crippen LogP contribution in [0.1, 0.15) is 11.1 Å². The smallest absolute Gasteiger partial charge is 0.0598 e. The molecule has 6 heteroatoms. The molecule has 0 saturated heterocycles. The largest absolute Gasteiger partial charge is 0.159 e. The van der Waals surface area contributed by atoms with E-state index >= 15 is 0 Å². The van der Waals surface area contributed by atoms with E-state index in [1.807, 2.05) is 0 Å². The van der Waals surface area contributed by atoms with Crippen LogP contribution in [0.4, 0.5) is 0 Å². The number of hydrogen-bond acceptors (Lipinski definition) is 2. The maximum Gasteiger partial charge on any atom is 0.0598 e. The summed E-state index contributed by atoms with van der Waals surface area (Å²) in [6, 6.07) is 10.4. The fourth-order valence-corrected chi connectivity index (χ4v) is 2.00. The highest BCUT2D eigenvalue weighted by Gasteiger charge is 1.97. The lowest BCUT2D eigenvalue weighted by Crippen LogP contribution is -1.82. The van der Waals surface area contributed by atoms with Crippen LogP contribution in [0.15, 0.2) is 46.6 Å². The summed E-state index contributed by atoms with van der Waals surface area (Å²) in [4.78, 5) is 0. The van der Waals surface area contributed by atoms with Gasteiger partial charge in [-0.2, -0.15) is 10.2 Å². The molecule has 0 spiro atoms. The van der Waals surface area contributed by atoms with Crippen LogP contribution >= 0.6 is 46.4 Å². The van der Waals surface area contributed by atoms with Gasteiger partial charge < -0.3 is 0 Å². The summed E-state index contributed by atoms with van der Waals surface area (Å²) in [5, 5.41) is 9.81. The highest BCUT2D eigenvalue weighted by Crippen LogP contribution is 2.22. The number of nitrogens with zero attached hydrogens (tertiary/aromatic N) is 2. The molecule has 20 heavy (non-hydrogen) atoms. The molecular weight excluding hydrogens is 338 g/mol. The summed E-state index contributed by atoms with van der Waals surface area (Å²) in [7, 11) is 0. The minimum absolute atomic E-state index is 0.476. The Kier molecular flexibility index (Phi) is 5.44. The summed E-state index contributed by atoms with van der Waals surface area (Å²) in [6.45, 7) is 0. The summed E-state index contributed by atoms with van der Waals surface area (Å²) < 4.78 is 0. The standard InChI is InChI=1S/C14H8Cl4N2/c15-11-3-1-9(5-13(11)17)7-19-20-8-10-2-4-12(16)14(18)6-10/h1-8H/b19-7-,20-8+. The van der Waals surface area contributed by atoms with Gasteiger partial charge in [-0.1, -0.05) is 58.5 Å². The fraction of sp³-hybridized carbons (Fsp3) is 0. The van der Waals surface area contributed by atoms with Gasteiger partial charge in [-0.25, -0.2) is 0 Å². The topological polar surface area (TPSA) is 24.7 Å². The molecule has 0 N–H and O–H groups in total. The van der Waals surface area contributed by atoms with Crippen molar-refractivity contribution in [2.45, 2.75) is 0 Å². The van der Waals surface area contributed by atoms with E-state index in [2.05, 4.69) is 10.2 Å². The van der Waals surface area contributed by atoms with E-state index in [0.29, 0.717) is 20.1 Å². The molecule has 0 aromatic heterocycles.